The van der Waals surface area contributed by atoms with Crippen LogP contribution >= 0.6 is 0 Å². The van der Waals surface area contributed by atoms with E-state index in [1.807, 2.05) is 30.3 Å². The lowest BCUT2D eigenvalue weighted by atomic mass is 9.86. The van der Waals surface area contributed by atoms with Gasteiger partial charge in [0.05, 0.1) is 6.07 Å². The van der Waals surface area contributed by atoms with Gasteiger partial charge in [-0.3, -0.25) is 4.79 Å². The molecule has 106 valence electrons. The van der Waals surface area contributed by atoms with Gasteiger partial charge in [-0.05, 0) is 30.7 Å². The van der Waals surface area contributed by atoms with E-state index in [4.69, 9.17) is 0 Å². The van der Waals surface area contributed by atoms with Crippen molar-refractivity contribution < 1.29 is 4.79 Å². The lowest BCUT2D eigenvalue weighted by Gasteiger charge is -2.28. The molecule has 1 N–H and O–H groups in total. The standard InChI is InChI=1S/C17H22N2O/c1-13-6-5-9-16(10-13)19-17(20)15(12-18)11-14-7-3-2-4-8-14/h2-4,7-8,13,15-16H,5-6,9-11H2,1H3,(H,19,20). The van der Waals surface area contributed by atoms with Crippen LogP contribution in [0.25, 0.3) is 0 Å². The SMILES string of the molecule is CC1CCCC(NC(=O)C(C#N)Cc2ccccc2)C1. The van der Waals surface area contributed by atoms with E-state index < -0.39 is 5.92 Å². The van der Waals surface area contributed by atoms with E-state index in [0.717, 1.165) is 18.4 Å². The first kappa shape index (κ1) is 14.6. The van der Waals surface area contributed by atoms with Crippen LogP contribution in [0.3, 0.4) is 0 Å². The summed E-state index contributed by atoms with van der Waals surface area (Å²) < 4.78 is 0. The Kier molecular flexibility index (Phi) is 5.17. The van der Waals surface area contributed by atoms with Gasteiger partial charge in [0.25, 0.3) is 0 Å². The normalized spacial score (nSPS) is 23.6. The number of hydrogen-bond acceptors (Lipinski definition) is 2. The number of benzene rings is 1. The molecule has 0 aliphatic heterocycles. The molecule has 0 spiro atoms. The Morgan fingerprint density at radius 3 is 2.80 bits per heavy atom. The second kappa shape index (κ2) is 7.09. The zero-order valence-corrected chi connectivity index (χ0v) is 12.0. The molecule has 1 aliphatic carbocycles. The van der Waals surface area contributed by atoms with Crippen LogP contribution in [0.15, 0.2) is 30.3 Å². The molecule has 0 saturated heterocycles. The van der Waals surface area contributed by atoms with E-state index in [9.17, 15) is 10.1 Å². The highest BCUT2D eigenvalue weighted by atomic mass is 16.1. The summed E-state index contributed by atoms with van der Waals surface area (Å²) in [7, 11) is 0. The maximum atomic E-state index is 12.2. The Hall–Kier alpha value is -1.82. The molecule has 1 saturated carbocycles. The molecule has 1 aliphatic rings. The van der Waals surface area contributed by atoms with Gasteiger partial charge in [0.15, 0.2) is 0 Å². The third-order valence-corrected chi connectivity index (χ3v) is 4.04. The van der Waals surface area contributed by atoms with E-state index in [1.165, 1.54) is 12.8 Å². The maximum Gasteiger partial charge on any atom is 0.237 e. The topological polar surface area (TPSA) is 52.9 Å². The monoisotopic (exact) mass is 270 g/mol. The molecule has 0 radical (unpaired) electrons. The average molecular weight is 270 g/mol. The highest BCUT2D eigenvalue weighted by molar-refractivity contribution is 5.81. The quantitative estimate of drug-likeness (QED) is 0.914. The average Bonchev–Trinajstić information content (AvgIpc) is 2.45. The largest absolute Gasteiger partial charge is 0.352 e. The van der Waals surface area contributed by atoms with Crippen molar-refractivity contribution in [3.05, 3.63) is 35.9 Å². The fourth-order valence-electron chi connectivity index (χ4n) is 2.91. The van der Waals surface area contributed by atoms with Crippen LogP contribution in [0.2, 0.25) is 0 Å². The Morgan fingerprint density at radius 2 is 2.15 bits per heavy atom. The molecule has 3 atom stereocenters. The first-order valence-corrected chi connectivity index (χ1v) is 7.43. The highest BCUT2D eigenvalue weighted by Crippen LogP contribution is 2.23. The highest BCUT2D eigenvalue weighted by Gasteiger charge is 2.24. The lowest BCUT2D eigenvalue weighted by Crippen LogP contribution is -2.41. The molecule has 0 heterocycles. The zero-order chi connectivity index (χ0) is 14.4. The van der Waals surface area contributed by atoms with Gasteiger partial charge in [-0.2, -0.15) is 5.26 Å². The predicted octanol–water partition coefficient (Wildman–Crippen LogP) is 3.06. The Bertz CT molecular complexity index is 478. The van der Waals surface area contributed by atoms with Crippen molar-refractivity contribution in [2.45, 2.75) is 45.1 Å². The van der Waals surface area contributed by atoms with Crippen LogP contribution in [-0.4, -0.2) is 11.9 Å². The van der Waals surface area contributed by atoms with Crippen LogP contribution in [-0.2, 0) is 11.2 Å². The number of carbonyl (C=O) groups excluding carboxylic acids is 1. The van der Waals surface area contributed by atoms with Gasteiger partial charge < -0.3 is 5.32 Å². The number of hydrogen-bond donors (Lipinski definition) is 1. The lowest BCUT2D eigenvalue weighted by molar-refractivity contribution is -0.124. The third kappa shape index (κ3) is 4.09. The second-order valence-electron chi connectivity index (χ2n) is 5.85. The number of carbonyl (C=O) groups is 1. The minimum absolute atomic E-state index is 0.115. The molecule has 1 fully saturated rings. The van der Waals surface area contributed by atoms with Crippen molar-refractivity contribution in [2.75, 3.05) is 0 Å². The molecule has 1 amide bonds. The summed E-state index contributed by atoms with van der Waals surface area (Å²) in [4.78, 5) is 12.2. The van der Waals surface area contributed by atoms with Crippen LogP contribution in [0, 0.1) is 23.2 Å². The van der Waals surface area contributed by atoms with Crippen molar-refractivity contribution in [3.8, 4) is 6.07 Å². The van der Waals surface area contributed by atoms with Crippen LogP contribution in [0.5, 0.6) is 0 Å². The predicted molar refractivity (Wildman–Crippen MR) is 78.8 cm³/mol. The molecule has 1 aromatic rings. The number of amides is 1. The summed E-state index contributed by atoms with van der Waals surface area (Å²) in [6.07, 6.45) is 4.99. The maximum absolute atomic E-state index is 12.2. The summed E-state index contributed by atoms with van der Waals surface area (Å²) in [5.74, 6) is -0.0335. The minimum atomic E-state index is -0.588. The van der Waals surface area contributed by atoms with E-state index in [-0.39, 0.29) is 11.9 Å². The number of nitrogens with one attached hydrogen (secondary N) is 1. The van der Waals surface area contributed by atoms with Crippen LogP contribution in [0.1, 0.15) is 38.2 Å². The zero-order valence-electron chi connectivity index (χ0n) is 12.0. The molecular weight excluding hydrogens is 248 g/mol. The summed E-state index contributed by atoms with van der Waals surface area (Å²) in [6, 6.07) is 12.1. The minimum Gasteiger partial charge on any atom is -0.352 e. The first-order valence-electron chi connectivity index (χ1n) is 7.43. The van der Waals surface area contributed by atoms with Crippen molar-refractivity contribution in [1.29, 1.82) is 5.26 Å². The fourth-order valence-corrected chi connectivity index (χ4v) is 2.91. The van der Waals surface area contributed by atoms with Crippen LogP contribution in [0.4, 0.5) is 0 Å². The van der Waals surface area contributed by atoms with Gasteiger partial charge in [-0.1, -0.05) is 50.1 Å². The van der Waals surface area contributed by atoms with Crippen molar-refractivity contribution in [1.82, 2.24) is 5.32 Å². The van der Waals surface area contributed by atoms with E-state index >= 15 is 0 Å². The Balaban J connectivity index is 1.91. The molecule has 20 heavy (non-hydrogen) atoms. The summed E-state index contributed by atoms with van der Waals surface area (Å²) in [5, 5.41) is 12.3. The third-order valence-electron chi connectivity index (χ3n) is 4.04. The van der Waals surface area contributed by atoms with Gasteiger partial charge in [0.1, 0.15) is 5.92 Å². The second-order valence-corrected chi connectivity index (χ2v) is 5.85. The van der Waals surface area contributed by atoms with E-state index in [0.29, 0.717) is 12.3 Å². The summed E-state index contributed by atoms with van der Waals surface area (Å²) in [5.41, 5.74) is 1.03. The van der Waals surface area contributed by atoms with Crippen molar-refractivity contribution in [2.24, 2.45) is 11.8 Å². The summed E-state index contributed by atoms with van der Waals surface area (Å²) in [6.45, 7) is 2.23. The molecule has 2 rings (SSSR count). The van der Waals surface area contributed by atoms with Crippen molar-refractivity contribution >= 4 is 5.91 Å². The Morgan fingerprint density at radius 1 is 1.40 bits per heavy atom. The molecule has 1 aromatic carbocycles. The molecule has 0 bridgehead atoms. The summed E-state index contributed by atoms with van der Waals surface area (Å²) >= 11 is 0. The number of nitriles is 1. The van der Waals surface area contributed by atoms with E-state index in [2.05, 4.69) is 18.3 Å². The Labute approximate surface area is 121 Å². The first-order chi connectivity index (χ1) is 9.69. The fraction of sp³-hybridized carbons (Fsp3) is 0.529. The van der Waals surface area contributed by atoms with Gasteiger partial charge >= 0.3 is 0 Å². The van der Waals surface area contributed by atoms with Crippen molar-refractivity contribution in [3.63, 3.8) is 0 Å². The van der Waals surface area contributed by atoms with Gasteiger partial charge in [0, 0.05) is 6.04 Å². The molecule has 3 unspecified atom stereocenters. The van der Waals surface area contributed by atoms with E-state index in [1.54, 1.807) is 0 Å². The van der Waals surface area contributed by atoms with Gasteiger partial charge in [-0.15, -0.1) is 0 Å². The van der Waals surface area contributed by atoms with Crippen LogP contribution < -0.4 is 5.32 Å². The number of rotatable bonds is 4. The molecular formula is C17H22N2O. The number of nitrogens with zero attached hydrogens (tertiary/aromatic N) is 1. The molecule has 3 nitrogen and oxygen atoms in total. The molecule has 3 heteroatoms. The molecule has 0 aromatic heterocycles. The van der Waals surface area contributed by atoms with Gasteiger partial charge in [-0.25, -0.2) is 0 Å². The van der Waals surface area contributed by atoms with Gasteiger partial charge in [0.2, 0.25) is 5.91 Å². The smallest absolute Gasteiger partial charge is 0.237 e.